The van der Waals surface area contributed by atoms with Gasteiger partial charge in [0.1, 0.15) is 16.4 Å². The number of fused-ring (bicyclic) bond motifs is 1. The van der Waals surface area contributed by atoms with Gasteiger partial charge in [0.25, 0.3) is 10.0 Å². The monoisotopic (exact) mass is 597 g/mol. The molecule has 0 bridgehead atoms. The molecule has 0 heterocycles. The summed E-state index contributed by atoms with van der Waals surface area (Å²) in [7, 11) is -2.38. The molecule has 0 aromatic heterocycles. The molecular weight excluding hydrogens is 574 g/mol. The van der Waals surface area contributed by atoms with Crippen LogP contribution in [0.25, 0.3) is 10.8 Å². The standard InChI is InChI=1S/C28H24BrNO7S/c1-3-36-26-13-9-22(29)16-27(26)38(33,34)30-23-10-6-18(7-11-23)28(32)37-17-25(31)21-5-4-20-15-24(35-2)12-8-19(20)14-21/h4-16,30H,3,17H2,1-2H3. The Hall–Kier alpha value is -3.89. The van der Waals surface area contributed by atoms with Gasteiger partial charge in [0, 0.05) is 15.7 Å². The molecule has 0 saturated heterocycles. The normalized spacial score (nSPS) is 11.1. The van der Waals surface area contributed by atoms with Gasteiger partial charge in [-0.25, -0.2) is 13.2 Å². The Morgan fingerprint density at radius 2 is 1.55 bits per heavy atom. The van der Waals surface area contributed by atoms with Gasteiger partial charge in [-0.05, 0) is 78.4 Å². The summed E-state index contributed by atoms with van der Waals surface area (Å²) in [6.45, 7) is 1.63. The van der Waals surface area contributed by atoms with Gasteiger partial charge >= 0.3 is 5.97 Å². The topological polar surface area (TPSA) is 108 Å². The lowest BCUT2D eigenvalue weighted by Gasteiger charge is -2.13. The number of ether oxygens (including phenoxy) is 3. The van der Waals surface area contributed by atoms with E-state index in [9.17, 15) is 18.0 Å². The van der Waals surface area contributed by atoms with Crippen molar-refractivity contribution in [3.8, 4) is 11.5 Å². The van der Waals surface area contributed by atoms with Gasteiger partial charge in [-0.2, -0.15) is 0 Å². The molecule has 0 saturated carbocycles. The number of rotatable bonds is 10. The molecule has 0 atom stereocenters. The van der Waals surface area contributed by atoms with Crippen molar-refractivity contribution >= 4 is 54.2 Å². The van der Waals surface area contributed by atoms with E-state index in [0.717, 1.165) is 10.8 Å². The first kappa shape index (κ1) is 27.2. The zero-order chi connectivity index (χ0) is 27.3. The molecule has 10 heteroatoms. The van der Waals surface area contributed by atoms with E-state index in [1.807, 2.05) is 12.1 Å². The van der Waals surface area contributed by atoms with Crippen molar-refractivity contribution in [3.05, 3.63) is 94.5 Å². The molecule has 0 radical (unpaired) electrons. The van der Waals surface area contributed by atoms with Crippen LogP contribution in [0.5, 0.6) is 11.5 Å². The molecule has 4 aromatic carbocycles. The predicted octanol–water partition coefficient (Wildman–Crippen LogP) is 5.85. The lowest BCUT2D eigenvalue weighted by Crippen LogP contribution is -2.15. The number of nitrogens with one attached hydrogen (secondary N) is 1. The Balaban J connectivity index is 1.40. The summed E-state index contributed by atoms with van der Waals surface area (Å²) >= 11 is 3.28. The van der Waals surface area contributed by atoms with E-state index in [2.05, 4.69) is 20.7 Å². The van der Waals surface area contributed by atoms with Crippen molar-refractivity contribution in [2.75, 3.05) is 25.0 Å². The molecule has 0 spiro atoms. The number of ketones is 1. The largest absolute Gasteiger partial charge is 0.497 e. The highest BCUT2D eigenvalue weighted by atomic mass is 79.9. The summed E-state index contributed by atoms with van der Waals surface area (Å²) < 4.78 is 44.8. The highest BCUT2D eigenvalue weighted by Crippen LogP contribution is 2.29. The zero-order valence-electron chi connectivity index (χ0n) is 20.6. The van der Waals surface area contributed by atoms with Crippen molar-refractivity contribution in [2.45, 2.75) is 11.8 Å². The van der Waals surface area contributed by atoms with E-state index < -0.39 is 22.6 Å². The molecule has 0 amide bonds. The van der Waals surface area contributed by atoms with Crippen molar-refractivity contribution in [3.63, 3.8) is 0 Å². The zero-order valence-corrected chi connectivity index (χ0v) is 23.0. The summed E-state index contributed by atoms with van der Waals surface area (Å²) in [5.41, 5.74) is 0.829. The maximum atomic E-state index is 12.9. The minimum atomic E-state index is -3.97. The molecule has 1 N–H and O–H groups in total. The number of halogens is 1. The Kier molecular flexibility index (Phi) is 8.33. The van der Waals surface area contributed by atoms with Gasteiger partial charge in [-0.3, -0.25) is 9.52 Å². The first-order valence-corrected chi connectivity index (χ1v) is 13.8. The maximum Gasteiger partial charge on any atom is 0.338 e. The second kappa shape index (κ2) is 11.7. The molecule has 4 rings (SSSR count). The molecule has 38 heavy (non-hydrogen) atoms. The summed E-state index contributed by atoms with van der Waals surface area (Å²) in [5.74, 6) is -0.115. The number of carbonyl (C=O) groups excluding carboxylic acids is 2. The summed E-state index contributed by atoms with van der Waals surface area (Å²) in [4.78, 5) is 25.1. The van der Waals surface area contributed by atoms with Crippen LogP contribution < -0.4 is 14.2 Å². The molecule has 196 valence electrons. The molecule has 0 aliphatic rings. The van der Waals surface area contributed by atoms with Crippen LogP contribution in [0.2, 0.25) is 0 Å². The van der Waals surface area contributed by atoms with Gasteiger partial charge in [-0.1, -0.05) is 34.1 Å². The van der Waals surface area contributed by atoms with E-state index >= 15 is 0 Å². The van der Waals surface area contributed by atoms with Gasteiger partial charge in [0.05, 0.1) is 19.3 Å². The average molecular weight is 598 g/mol. The smallest absolute Gasteiger partial charge is 0.338 e. The molecule has 0 fully saturated rings. The molecule has 0 unspecified atom stereocenters. The number of methoxy groups -OCH3 is 1. The van der Waals surface area contributed by atoms with Crippen LogP contribution in [0, 0.1) is 0 Å². The molecule has 8 nitrogen and oxygen atoms in total. The van der Waals surface area contributed by atoms with Crippen molar-refractivity contribution in [1.82, 2.24) is 0 Å². The molecular formula is C28H24BrNO7S. The van der Waals surface area contributed by atoms with Gasteiger partial charge in [0.2, 0.25) is 0 Å². The van der Waals surface area contributed by atoms with Crippen LogP contribution in [-0.4, -0.2) is 40.5 Å². The van der Waals surface area contributed by atoms with Gasteiger partial charge < -0.3 is 14.2 Å². The van der Waals surface area contributed by atoms with Crippen LogP contribution in [0.15, 0.2) is 88.2 Å². The first-order chi connectivity index (χ1) is 18.2. The second-order valence-corrected chi connectivity index (χ2v) is 10.7. The first-order valence-electron chi connectivity index (χ1n) is 11.5. The lowest BCUT2D eigenvalue weighted by molar-refractivity contribution is 0.0475. The Bertz CT molecular complexity index is 1600. The number of hydrogen-bond acceptors (Lipinski definition) is 7. The number of Topliss-reactive ketones (excluding diaryl/α,β-unsaturated/α-hetero) is 1. The van der Waals surface area contributed by atoms with Crippen LogP contribution in [-0.2, 0) is 14.8 Å². The van der Waals surface area contributed by atoms with Crippen LogP contribution >= 0.6 is 15.9 Å². The van der Waals surface area contributed by atoms with E-state index in [4.69, 9.17) is 14.2 Å². The lowest BCUT2D eigenvalue weighted by atomic mass is 10.0. The fourth-order valence-electron chi connectivity index (χ4n) is 3.67. The van der Waals surface area contributed by atoms with Crippen molar-refractivity contribution in [2.24, 2.45) is 0 Å². The fourth-order valence-corrected chi connectivity index (χ4v) is 5.42. The minimum Gasteiger partial charge on any atom is -0.497 e. The van der Waals surface area contributed by atoms with E-state index in [1.165, 1.54) is 30.3 Å². The third-order valence-corrected chi connectivity index (χ3v) is 7.47. The highest BCUT2D eigenvalue weighted by molar-refractivity contribution is 9.10. The third-order valence-electron chi connectivity index (χ3n) is 5.57. The SMILES string of the molecule is CCOc1ccc(Br)cc1S(=O)(=O)Nc1ccc(C(=O)OCC(=O)c2ccc3cc(OC)ccc3c2)cc1. The second-order valence-electron chi connectivity index (χ2n) is 8.13. The molecule has 4 aromatic rings. The van der Waals surface area contributed by atoms with E-state index in [1.54, 1.807) is 50.4 Å². The van der Waals surface area contributed by atoms with Crippen LogP contribution in [0.1, 0.15) is 27.6 Å². The van der Waals surface area contributed by atoms with E-state index in [-0.39, 0.29) is 27.7 Å². The number of benzene rings is 4. The Morgan fingerprint density at radius 3 is 2.26 bits per heavy atom. The minimum absolute atomic E-state index is 0.0245. The predicted molar refractivity (Wildman–Crippen MR) is 148 cm³/mol. The number of hydrogen-bond donors (Lipinski definition) is 1. The summed E-state index contributed by atoms with van der Waals surface area (Å²) in [6.07, 6.45) is 0. The highest BCUT2D eigenvalue weighted by Gasteiger charge is 2.21. The van der Waals surface area contributed by atoms with Gasteiger partial charge in [0.15, 0.2) is 12.4 Å². The number of sulfonamides is 1. The third kappa shape index (κ3) is 6.32. The quantitative estimate of drug-likeness (QED) is 0.180. The molecule has 0 aliphatic carbocycles. The Labute approximate surface area is 228 Å². The fraction of sp³-hybridized carbons (Fsp3) is 0.143. The van der Waals surface area contributed by atoms with Crippen LogP contribution in [0.3, 0.4) is 0 Å². The van der Waals surface area contributed by atoms with Crippen molar-refractivity contribution in [1.29, 1.82) is 0 Å². The van der Waals surface area contributed by atoms with Crippen LogP contribution in [0.4, 0.5) is 5.69 Å². The average Bonchev–Trinajstić information content (AvgIpc) is 2.92. The molecule has 0 aliphatic heterocycles. The Morgan fingerprint density at radius 1 is 0.868 bits per heavy atom. The van der Waals surface area contributed by atoms with Crippen molar-refractivity contribution < 1.29 is 32.2 Å². The number of carbonyl (C=O) groups is 2. The summed E-state index contributed by atoms with van der Waals surface area (Å²) in [6, 6.07) is 21.1. The number of anilines is 1. The number of esters is 1. The van der Waals surface area contributed by atoms with E-state index in [0.29, 0.717) is 22.4 Å². The van der Waals surface area contributed by atoms with Gasteiger partial charge in [-0.15, -0.1) is 0 Å². The maximum absolute atomic E-state index is 12.9. The summed E-state index contributed by atoms with van der Waals surface area (Å²) in [5, 5.41) is 1.78.